The molecular weight excluding hydrogens is 370 g/mol. The largest absolute Gasteiger partial charge is 0.249 e. The van der Waals surface area contributed by atoms with Crippen LogP contribution in [0.2, 0.25) is 0 Å². The minimum absolute atomic E-state index is 0.561. The van der Waals surface area contributed by atoms with Gasteiger partial charge in [0.15, 0.2) is 11.6 Å². The molecule has 0 saturated heterocycles. The van der Waals surface area contributed by atoms with Gasteiger partial charge in [0, 0.05) is 0 Å². The SMILES string of the molecule is CC(=Nc1c(C)cc(C)cc1C)c1ncnc(C(C)=Nc2c(C)cc(C)cc2C)n1. The van der Waals surface area contributed by atoms with Crippen molar-refractivity contribution < 1.29 is 0 Å². The molecule has 0 unspecified atom stereocenters. The van der Waals surface area contributed by atoms with Gasteiger partial charge in [-0.05, 0) is 77.6 Å². The zero-order valence-corrected chi connectivity index (χ0v) is 19.1. The average molecular weight is 400 g/mol. The zero-order valence-electron chi connectivity index (χ0n) is 19.1. The Hall–Kier alpha value is -3.21. The number of nitrogens with zero attached hydrogens (tertiary/aromatic N) is 5. The van der Waals surface area contributed by atoms with Crippen molar-refractivity contribution >= 4 is 22.8 Å². The van der Waals surface area contributed by atoms with Crippen LogP contribution in [0.15, 0.2) is 40.6 Å². The van der Waals surface area contributed by atoms with E-state index in [-0.39, 0.29) is 0 Å². The first-order valence-electron chi connectivity index (χ1n) is 10.1. The number of aliphatic imine (C=N–C) groups is 2. The van der Waals surface area contributed by atoms with Crippen LogP contribution in [0.4, 0.5) is 11.4 Å². The summed E-state index contributed by atoms with van der Waals surface area (Å²) in [4.78, 5) is 22.9. The summed E-state index contributed by atoms with van der Waals surface area (Å²) in [7, 11) is 0. The van der Waals surface area contributed by atoms with E-state index < -0.39 is 0 Å². The molecule has 0 aliphatic carbocycles. The van der Waals surface area contributed by atoms with Crippen molar-refractivity contribution in [1.82, 2.24) is 15.0 Å². The smallest absolute Gasteiger partial charge is 0.177 e. The van der Waals surface area contributed by atoms with Crippen LogP contribution < -0.4 is 0 Å². The second kappa shape index (κ2) is 8.66. The van der Waals surface area contributed by atoms with E-state index in [1.54, 1.807) is 0 Å². The maximum Gasteiger partial charge on any atom is 0.177 e. The first-order chi connectivity index (χ1) is 14.2. The standard InChI is InChI=1S/C25H29N5/c1-14-9-16(3)22(17(4)10-14)28-20(7)24-26-13-27-25(30-24)21(8)29-23-18(5)11-15(2)12-19(23)6/h9-13H,1-8H3. The van der Waals surface area contributed by atoms with E-state index >= 15 is 0 Å². The van der Waals surface area contributed by atoms with E-state index in [9.17, 15) is 0 Å². The number of aryl methyl sites for hydroxylation is 6. The highest BCUT2D eigenvalue weighted by atomic mass is 15.0. The van der Waals surface area contributed by atoms with Crippen molar-refractivity contribution in [3.63, 3.8) is 0 Å². The number of benzene rings is 2. The summed E-state index contributed by atoms with van der Waals surface area (Å²) in [6, 6.07) is 8.56. The molecule has 0 amide bonds. The highest BCUT2D eigenvalue weighted by molar-refractivity contribution is 6.00. The van der Waals surface area contributed by atoms with Crippen LogP contribution in [0.25, 0.3) is 0 Å². The Labute approximate surface area is 179 Å². The Morgan fingerprint density at radius 3 is 1.27 bits per heavy atom. The molecule has 0 aliphatic heterocycles. The van der Waals surface area contributed by atoms with Gasteiger partial charge in [-0.3, -0.25) is 0 Å². The molecule has 0 atom stereocenters. The maximum atomic E-state index is 4.82. The maximum absolute atomic E-state index is 4.82. The summed E-state index contributed by atoms with van der Waals surface area (Å²) in [6.45, 7) is 16.4. The third-order valence-electron chi connectivity index (χ3n) is 5.05. The Morgan fingerprint density at radius 2 is 0.933 bits per heavy atom. The van der Waals surface area contributed by atoms with Crippen LogP contribution in [0.1, 0.15) is 58.9 Å². The molecule has 30 heavy (non-hydrogen) atoms. The normalized spacial score (nSPS) is 12.4. The molecule has 2 aromatic carbocycles. The predicted molar refractivity (Wildman–Crippen MR) is 125 cm³/mol. The number of rotatable bonds is 4. The summed E-state index contributed by atoms with van der Waals surface area (Å²) in [5.74, 6) is 1.12. The van der Waals surface area contributed by atoms with Gasteiger partial charge < -0.3 is 0 Å². The fourth-order valence-corrected chi connectivity index (χ4v) is 3.78. The van der Waals surface area contributed by atoms with Gasteiger partial charge in [-0.2, -0.15) is 0 Å². The second-order valence-corrected chi connectivity index (χ2v) is 8.02. The average Bonchev–Trinajstić information content (AvgIpc) is 2.67. The molecule has 0 spiro atoms. The predicted octanol–water partition coefficient (Wildman–Crippen LogP) is 6.00. The first kappa shape index (κ1) is 21.5. The highest BCUT2D eigenvalue weighted by Gasteiger charge is 2.11. The van der Waals surface area contributed by atoms with Crippen LogP contribution >= 0.6 is 0 Å². The van der Waals surface area contributed by atoms with Gasteiger partial charge in [0.2, 0.25) is 0 Å². The lowest BCUT2D eigenvalue weighted by Crippen LogP contribution is -2.10. The molecular formula is C25H29N5. The van der Waals surface area contributed by atoms with Crippen molar-refractivity contribution in [3.8, 4) is 0 Å². The molecule has 3 rings (SSSR count). The number of hydrogen-bond donors (Lipinski definition) is 0. The van der Waals surface area contributed by atoms with Gasteiger partial charge in [-0.1, -0.05) is 35.4 Å². The van der Waals surface area contributed by atoms with Crippen molar-refractivity contribution in [2.24, 2.45) is 9.98 Å². The minimum atomic E-state index is 0.561. The lowest BCUT2D eigenvalue weighted by Gasteiger charge is -2.09. The lowest BCUT2D eigenvalue weighted by molar-refractivity contribution is 1.000. The molecule has 0 radical (unpaired) electrons. The van der Waals surface area contributed by atoms with Gasteiger partial charge in [0.25, 0.3) is 0 Å². The Balaban J connectivity index is 1.99. The monoisotopic (exact) mass is 399 g/mol. The Kier molecular flexibility index (Phi) is 6.20. The van der Waals surface area contributed by atoms with Gasteiger partial charge >= 0.3 is 0 Å². The third kappa shape index (κ3) is 4.67. The van der Waals surface area contributed by atoms with Gasteiger partial charge in [-0.25, -0.2) is 24.9 Å². The molecule has 0 aliphatic rings. The number of hydrogen-bond acceptors (Lipinski definition) is 5. The molecule has 0 N–H and O–H groups in total. The molecule has 1 aromatic heterocycles. The quantitative estimate of drug-likeness (QED) is 0.505. The van der Waals surface area contributed by atoms with Crippen LogP contribution in [0, 0.1) is 41.5 Å². The summed E-state index contributed by atoms with van der Waals surface area (Å²) < 4.78 is 0. The molecule has 1 heterocycles. The molecule has 0 bridgehead atoms. The van der Waals surface area contributed by atoms with Gasteiger partial charge in [0.05, 0.1) is 22.8 Å². The molecule has 5 nitrogen and oxygen atoms in total. The molecule has 0 fully saturated rings. The summed E-state index contributed by atoms with van der Waals surface area (Å²) in [5, 5.41) is 0. The minimum Gasteiger partial charge on any atom is -0.249 e. The van der Waals surface area contributed by atoms with Crippen LogP contribution in [0.5, 0.6) is 0 Å². The number of aromatic nitrogens is 3. The van der Waals surface area contributed by atoms with E-state index in [0.29, 0.717) is 11.6 Å². The van der Waals surface area contributed by atoms with Crippen LogP contribution in [0.3, 0.4) is 0 Å². The van der Waals surface area contributed by atoms with E-state index in [2.05, 4.69) is 80.8 Å². The van der Waals surface area contributed by atoms with Gasteiger partial charge in [0.1, 0.15) is 6.33 Å². The summed E-state index contributed by atoms with van der Waals surface area (Å²) in [6.07, 6.45) is 1.53. The van der Waals surface area contributed by atoms with Crippen LogP contribution in [-0.4, -0.2) is 26.4 Å². The third-order valence-corrected chi connectivity index (χ3v) is 5.05. The zero-order chi connectivity index (χ0) is 22.0. The Morgan fingerprint density at radius 1 is 0.600 bits per heavy atom. The fraction of sp³-hybridized carbons (Fsp3) is 0.320. The van der Waals surface area contributed by atoms with Crippen LogP contribution in [-0.2, 0) is 0 Å². The molecule has 0 saturated carbocycles. The summed E-state index contributed by atoms with van der Waals surface area (Å²) in [5.41, 5.74) is 10.5. The van der Waals surface area contributed by atoms with E-state index in [4.69, 9.17) is 9.98 Å². The second-order valence-electron chi connectivity index (χ2n) is 8.02. The Bertz CT molecular complexity index is 1040. The van der Waals surface area contributed by atoms with E-state index in [1.165, 1.54) is 17.5 Å². The molecule has 154 valence electrons. The first-order valence-corrected chi connectivity index (χ1v) is 10.1. The van der Waals surface area contributed by atoms with Crippen molar-refractivity contribution in [3.05, 3.63) is 75.6 Å². The summed E-state index contributed by atoms with van der Waals surface area (Å²) >= 11 is 0. The fourth-order valence-electron chi connectivity index (χ4n) is 3.78. The van der Waals surface area contributed by atoms with Crippen molar-refractivity contribution in [2.75, 3.05) is 0 Å². The van der Waals surface area contributed by atoms with E-state index in [0.717, 1.165) is 45.1 Å². The van der Waals surface area contributed by atoms with Crippen molar-refractivity contribution in [1.29, 1.82) is 0 Å². The van der Waals surface area contributed by atoms with Crippen molar-refractivity contribution in [2.45, 2.75) is 55.4 Å². The lowest BCUT2D eigenvalue weighted by atomic mass is 10.1. The topological polar surface area (TPSA) is 63.4 Å². The van der Waals surface area contributed by atoms with E-state index in [1.807, 2.05) is 13.8 Å². The highest BCUT2D eigenvalue weighted by Crippen LogP contribution is 2.27. The van der Waals surface area contributed by atoms with Gasteiger partial charge in [-0.15, -0.1) is 0 Å². The molecule has 5 heteroatoms. The molecule has 3 aromatic rings.